The number of rotatable bonds is 3. The highest BCUT2D eigenvalue weighted by Crippen LogP contribution is 2.45. The van der Waals surface area contributed by atoms with Crippen molar-refractivity contribution in [3.63, 3.8) is 0 Å². The first-order chi connectivity index (χ1) is 8.44. The lowest BCUT2D eigenvalue weighted by atomic mass is 10.2. The predicted molar refractivity (Wildman–Crippen MR) is 54.4 cm³/mol. The van der Waals surface area contributed by atoms with Crippen molar-refractivity contribution in [2.24, 2.45) is 0 Å². The minimum Gasteiger partial charge on any atom is -0.227 e. The summed E-state index contributed by atoms with van der Waals surface area (Å²) < 4.78 is 96.3. The molecule has 1 aromatic carbocycles. The number of hydrogen-bond acceptors (Lipinski definition) is 2. The Balaban J connectivity index is 3.16. The summed E-state index contributed by atoms with van der Waals surface area (Å²) in [6.45, 7) is 0. The molecule has 1 aromatic rings. The van der Waals surface area contributed by atoms with Gasteiger partial charge >= 0.3 is 12.4 Å². The molecule has 9 heteroatoms. The third-order valence-electron chi connectivity index (χ3n) is 2.03. The van der Waals surface area contributed by atoms with Gasteiger partial charge in [-0.2, -0.15) is 26.3 Å². The topological polar surface area (TPSA) is 34.1 Å². The molecule has 1 rings (SSSR count). The van der Waals surface area contributed by atoms with Crippen LogP contribution in [-0.2, 0) is 15.6 Å². The fourth-order valence-electron chi connectivity index (χ4n) is 1.38. The summed E-state index contributed by atoms with van der Waals surface area (Å²) in [5, 5.41) is -3.38. The van der Waals surface area contributed by atoms with E-state index < -0.39 is 33.2 Å². The molecule has 0 aromatic heterocycles. The van der Waals surface area contributed by atoms with Crippen LogP contribution in [0, 0.1) is 5.25 Å². The van der Waals surface area contributed by atoms with Crippen molar-refractivity contribution in [2.75, 3.05) is 0 Å². The molecular weight excluding hydrogens is 298 g/mol. The van der Waals surface area contributed by atoms with E-state index in [0.717, 1.165) is 12.1 Å². The van der Waals surface area contributed by atoms with Gasteiger partial charge in [-0.15, -0.1) is 0 Å². The van der Waals surface area contributed by atoms with E-state index in [4.69, 9.17) is 0 Å². The van der Waals surface area contributed by atoms with Gasteiger partial charge in [-0.05, 0) is 5.56 Å². The monoisotopic (exact) mass is 305 g/mol. The van der Waals surface area contributed by atoms with Gasteiger partial charge in [0.1, 0.15) is 0 Å². The summed E-state index contributed by atoms with van der Waals surface area (Å²) in [7, 11) is -5.52. The highest BCUT2D eigenvalue weighted by Gasteiger charge is 2.65. The smallest absolute Gasteiger partial charge is 0.227 e. The maximum absolute atomic E-state index is 12.3. The van der Waals surface area contributed by atoms with Crippen LogP contribution in [0.15, 0.2) is 30.3 Å². The van der Waals surface area contributed by atoms with Crippen LogP contribution in [0.2, 0.25) is 0 Å². The molecular formula is C10H7F6O2S. The minimum absolute atomic E-state index is 0.159. The molecule has 2 nitrogen and oxygen atoms in total. The summed E-state index contributed by atoms with van der Waals surface area (Å²) in [6.07, 6.45) is -12.0. The highest BCUT2D eigenvalue weighted by molar-refractivity contribution is 7.93. The third-order valence-corrected chi connectivity index (χ3v) is 3.82. The molecule has 0 fully saturated rings. The fraction of sp³-hybridized carbons (Fsp3) is 0.300. The van der Waals surface area contributed by atoms with E-state index in [1.54, 1.807) is 0 Å². The van der Waals surface area contributed by atoms with E-state index >= 15 is 0 Å². The second-order valence-corrected chi connectivity index (χ2v) is 5.50. The maximum Gasteiger partial charge on any atom is 0.419 e. The molecule has 0 heterocycles. The molecule has 0 amide bonds. The van der Waals surface area contributed by atoms with E-state index in [1.807, 2.05) is 0 Å². The van der Waals surface area contributed by atoms with E-state index in [9.17, 15) is 34.8 Å². The van der Waals surface area contributed by atoms with Crippen molar-refractivity contribution in [2.45, 2.75) is 18.1 Å². The number of alkyl halides is 6. The van der Waals surface area contributed by atoms with Crippen LogP contribution in [0.4, 0.5) is 26.3 Å². The molecule has 0 aliphatic rings. The molecule has 0 atom stereocenters. The third kappa shape index (κ3) is 4.12. The average Bonchev–Trinajstić information content (AvgIpc) is 2.11. The Morgan fingerprint density at radius 1 is 0.895 bits per heavy atom. The predicted octanol–water partition coefficient (Wildman–Crippen LogP) is 3.26. The Hall–Kier alpha value is -1.25. The molecule has 0 saturated heterocycles. The summed E-state index contributed by atoms with van der Waals surface area (Å²) in [4.78, 5) is 0. The van der Waals surface area contributed by atoms with Gasteiger partial charge in [-0.3, -0.25) is 0 Å². The van der Waals surface area contributed by atoms with Gasteiger partial charge in [0.15, 0.2) is 9.84 Å². The van der Waals surface area contributed by atoms with Gasteiger partial charge in [0.05, 0.1) is 5.75 Å². The summed E-state index contributed by atoms with van der Waals surface area (Å²) >= 11 is 0. The van der Waals surface area contributed by atoms with Crippen LogP contribution in [0.1, 0.15) is 5.56 Å². The molecule has 0 spiro atoms. The molecule has 0 bridgehead atoms. The molecule has 0 aliphatic heterocycles. The van der Waals surface area contributed by atoms with Crippen LogP contribution in [0.3, 0.4) is 0 Å². The maximum atomic E-state index is 12.3. The number of sulfone groups is 1. The summed E-state index contributed by atoms with van der Waals surface area (Å²) in [5.74, 6) is -1.36. The zero-order chi connectivity index (χ0) is 14.9. The molecule has 0 N–H and O–H groups in total. The van der Waals surface area contributed by atoms with Gasteiger partial charge in [0.25, 0.3) is 5.25 Å². The fourth-order valence-corrected chi connectivity index (χ4v) is 2.86. The molecule has 0 saturated carbocycles. The quantitative estimate of drug-likeness (QED) is 0.803. The van der Waals surface area contributed by atoms with E-state index in [1.165, 1.54) is 18.2 Å². The number of hydrogen-bond donors (Lipinski definition) is 0. The zero-order valence-corrected chi connectivity index (χ0v) is 9.90. The van der Waals surface area contributed by atoms with Crippen molar-refractivity contribution in [1.29, 1.82) is 0 Å². The van der Waals surface area contributed by atoms with E-state index in [-0.39, 0.29) is 5.56 Å². The average molecular weight is 305 g/mol. The molecule has 1 radical (unpaired) electrons. The van der Waals surface area contributed by atoms with Crippen molar-refractivity contribution in [1.82, 2.24) is 0 Å². The second-order valence-electron chi connectivity index (χ2n) is 3.57. The van der Waals surface area contributed by atoms with Gasteiger partial charge in [0, 0.05) is 0 Å². The first-order valence-electron chi connectivity index (χ1n) is 4.72. The largest absolute Gasteiger partial charge is 0.419 e. The first kappa shape index (κ1) is 15.8. The number of benzene rings is 1. The van der Waals surface area contributed by atoms with Gasteiger partial charge in [-0.25, -0.2) is 8.42 Å². The Labute approximate surface area is 105 Å². The van der Waals surface area contributed by atoms with Crippen LogP contribution in [0.25, 0.3) is 0 Å². The lowest BCUT2D eigenvalue weighted by Gasteiger charge is -2.21. The second kappa shape index (κ2) is 5.03. The van der Waals surface area contributed by atoms with Gasteiger partial charge < -0.3 is 0 Å². The van der Waals surface area contributed by atoms with Crippen molar-refractivity contribution >= 4 is 9.84 Å². The Kier molecular flexibility index (Phi) is 4.18. The Bertz CT molecular complexity index is 503. The van der Waals surface area contributed by atoms with Crippen molar-refractivity contribution in [3.8, 4) is 0 Å². The van der Waals surface area contributed by atoms with Crippen LogP contribution in [-0.4, -0.2) is 20.8 Å². The standard InChI is InChI=1S/C10H7F6O2S/c11-9(12,13)8(10(14,15)16)19(17,18)6-7-4-2-1-3-5-7/h1-5H,6H2. The summed E-state index contributed by atoms with van der Waals surface area (Å²) in [5.41, 5.74) is -0.159. The minimum atomic E-state index is -5.98. The molecule has 0 aliphatic carbocycles. The Morgan fingerprint density at radius 2 is 1.32 bits per heavy atom. The lowest BCUT2D eigenvalue weighted by molar-refractivity contribution is -0.188. The van der Waals surface area contributed by atoms with Gasteiger partial charge in [-0.1, -0.05) is 30.3 Å². The van der Waals surface area contributed by atoms with E-state index in [2.05, 4.69) is 0 Å². The molecule has 107 valence electrons. The molecule has 19 heavy (non-hydrogen) atoms. The van der Waals surface area contributed by atoms with Crippen LogP contribution < -0.4 is 0 Å². The van der Waals surface area contributed by atoms with Crippen LogP contribution in [0.5, 0.6) is 0 Å². The number of halogens is 6. The molecule has 0 unspecified atom stereocenters. The van der Waals surface area contributed by atoms with E-state index in [0.29, 0.717) is 0 Å². The van der Waals surface area contributed by atoms with Crippen molar-refractivity contribution in [3.05, 3.63) is 41.1 Å². The lowest BCUT2D eigenvalue weighted by Crippen LogP contribution is -2.40. The SMILES string of the molecule is O=S(=O)(Cc1ccccc1)[C](C(F)(F)F)C(F)(F)F. The Morgan fingerprint density at radius 3 is 1.68 bits per heavy atom. The van der Waals surface area contributed by atoms with Crippen molar-refractivity contribution < 1.29 is 34.8 Å². The highest BCUT2D eigenvalue weighted by atomic mass is 32.2. The normalized spacial score (nSPS) is 13.8. The van der Waals surface area contributed by atoms with Crippen LogP contribution >= 0.6 is 0 Å². The first-order valence-corrected chi connectivity index (χ1v) is 6.38. The summed E-state index contributed by atoms with van der Waals surface area (Å²) in [6, 6.07) is 6.33. The zero-order valence-electron chi connectivity index (χ0n) is 9.09. The van der Waals surface area contributed by atoms with Gasteiger partial charge in [0.2, 0.25) is 0 Å².